The van der Waals surface area contributed by atoms with E-state index in [9.17, 15) is 19.2 Å². The molecule has 1 amide bonds. The van der Waals surface area contributed by atoms with E-state index in [-0.39, 0.29) is 24.3 Å². The number of fused-ring (bicyclic) bond motifs is 2. The molecule has 0 atom stereocenters. The second-order valence-electron chi connectivity index (χ2n) is 5.78. The van der Waals surface area contributed by atoms with E-state index in [4.69, 9.17) is 4.42 Å². The molecule has 136 valence electrons. The van der Waals surface area contributed by atoms with Crippen LogP contribution in [0.3, 0.4) is 0 Å². The first kappa shape index (κ1) is 17.0. The Morgan fingerprint density at radius 2 is 2.00 bits per heavy atom. The minimum atomic E-state index is -0.598. The van der Waals surface area contributed by atoms with E-state index in [0.29, 0.717) is 21.2 Å². The van der Waals surface area contributed by atoms with Gasteiger partial charge in [-0.3, -0.25) is 19.0 Å². The van der Waals surface area contributed by atoms with Gasteiger partial charge in [-0.25, -0.2) is 4.79 Å². The zero-order valence-corrected chi connectivity index (χ0v) is 14.7. The number of benzene rings is 1. The summed E-state index contributed by atoms with van der Waals surface area (Å²) in [5.41, 5.74) is -0.468. The number of aromatic amines is 1. The number of hydrogen-bond donors (Lipinski definition) is 2. The second-order valence-corrected chi connectivity index (χ2v) is 6.69. The Hall–Kier alpha value is -3.46. The summed E-state index contributed by atoms with van der Waals surface area (Å²) >= 11 is 1.24. The van der Waals surface area contributed by atoms with E-state index in [2.05, 4.69) is 10.3 Å². The number of carbonyl (C=O) groups excluding carboxylic acids is 1. The summed E-state index contributed by atoms with van der Waals surface area (Å²) in [7, 11) is 0. The van der Waals surface area contributed by atoms with Gasteiger partial charge >= 0.3 is 5.69 Å². The number of H-pyrrole nitrogens is 1. The number of hydrogen-bond acceptors (Lipinski definition) is 6. The van der Waals surface area contributed by atoms with Gasteiger partial charge in [0.25, 0.3) is 11.5 Å². The lowest BCUT2D eigenvalue weighted by Gasteiger charge is -2.07. The zero-order valence-electron chi connectivity index (χ0n) is 13.9. The van der Waals surface area contributed by atoms with E-state index in [0.717, 1.165) is 10.6 Å². The van der Waals surface area contributed by atoms with Gasteiger partial charge in [0.05, 0.1) is 10.9 Å². The quantitative estimate of drug-likeness (QED) is 0.551. The number of nitrogens with zero attached hydrogens (tertiary/aromatic N) is 1. The lowest BCUT2D eigenvalue weighted by Crippen LogP contribution is -2.38. The van der Waals surface area contributed by atoms with Crippen LogP contribution in [0.15, 0.2) is 60.6 Å². The van der Waals surface area contributed by atoms with Crippen LogP contribution in [-0.4, -0.2) is 22.0 Å². The summed E-state index contributed by atoms with van der Waals surface area (Å²) in [5.74, 6) is -0.729. The van der Waals surface area contributed by atoms with Crippen LogP contribution in [-0.2, 0) is 6.54 Å². The number of thiophene rings is 1. The molecular formula is C18H13N3O5S. The summed E-state index contributed by atoms with van der Waals surface area (Å²) in [6, 6.07) is 9.40. The molecule has 0 aliphatic rings. The van der Waals surface area contributed by atoms with Crippen LogP contribution < -0.4 is 22.0 Å². The third-order valence-corrected chi connectivity index (χ3v) is 4.97. The molecule has 0 aliphatic carbocycles. The Kier molecular flexibility index (Phi) is 4.21. The average Bonchev–Trinajstić information content (AvgIpc) is 3.12. The fourth-order valence-electron chi connectivity index (χ4n) is 2.76. The molecule has 2 N–H and O–H groups in total. The number of aromatic nitrogens is 2. The molecule has 0 saturated heterocycles. The molecule has 0 fully saturated rings. The third kappa shape index (κ3) is 3.08. The fourth-order valence-corrected chi connectivity index (χ4v) is 3.56. The van der Waals surface area contributed by atoms with E-state index < -0.39 is 17.2 Å². The maximum absolute atomic E-state index is 12.3. The second kappa shape index (κ2) is 6.69. The summed E-state index contributed by atoms with van der Waals surface area (Å²) in [6.45, 7) is 0.0147. The number of para-hydroxylation sites is 1. The van der Waals surface area contributed by atoms with Crippen molar-refractivity contribution in [2.45, 2.75) is 6.54 Å². The highest BCUT2D eigenvalue weighted by Crippen LogP contribution is 2.12. The molecule has 8 nitrogen and oxygen atoms in total. The van der Waals surface area contributed by atoms with Crippen LogP contribution in [0.1, 0.15) is 10.6 Å². The van der Waals surface area contributed by atoms with E-state index >= 15 is 0 Å². The monoisotopic (exact) mass is 383 g/mol. The summed E-state index contributed by atoms with van der Waals surface area (Å²) in [5, 5.41) is 4.66. The van der Waals surface area contributed by atoms with E-state index in [1.165, 1.54) is 11.3 Å². The van der Waals surface area contributed by atoms with Gasteiger partial charge in [-0.15, -0.1) is 11.3 Å². The fraction of sp³-hybridized carbons (Fsp3) is 0.111. The van der Waals surface area contributed by atoms with Crippen molar-refractivity contribution in [3.63, 3.8) is 0 Å². The van der Waals surface area contributed by atoms with Crippen molar-refractivity contribution < 1.29 is 9.21 Å². The maximum Gasteiger partial charge on any atom is 0.328 e. The van der Waals surface area contributed by atoms with Crippen LogP contribution in [0.25, 0.3) is 21.2 Å². The Labute approximate surface area is 154 Å². The molecule has 9 heteroatoms. The van der Waals surface area contributed by atoms with Crippen LogP contribution in [0.5, 0.6) is 0 Å². The van der Waals surface area contributed by atoms with Gasteiger partial charge in [0.2, 0.25) is 0 Å². The van der Waals surface area contributed by atoms with Gasteiger partial charge in [0, 0.05) is 19.2 Å². The molecule has 0 bridgehead atoms. The lowest BCUT2D eigenvalue weighted by atomic mass is 10.2. The number of amides is 1. The molecule has 4 aromatic rings. The van der Waals surface area contributed by atoms with Crippen LogP contribution in [0, 0.1) is 0 Å². The predicted octanol–water partition coefficient (Wildman–Crippen LogP) is 1.29. The Morgan fingerprint density at radius 1 is 1.19 bits per heavy atom. The van der Waals surface area contributed by atoms with Crippen molar-refractivity contribution in [1.29, 1.82) is 0 Å². The molecule has 0 radical (unpaired) electrons. The Balaban J connectivity index is 1.53. The van der Waals surface area contributed by atoms with Crippen molar-refractivity contribution in [3.05, 3.63) is 78.6 Å². The van der Waals surface area contributed by atoms with E-state index in [1.807, 2.05) is 0 Å². The molecule has 0 saturated carbocycles. The predicted molar refractivity (Wildman–Crippen MR) is 102 cm³/mol. The van der Waals surface area contributed by atoms with Gasteiger partial charge in [-0.2, -0.15) is 0 Å². The smallest absolute Gasteiger partial charge is 0.328 e. The first-order chi connectivity index (χ1) is 13.0. The highest BCUT2D eigenvalue weighted by Gasteiger charge is 2.13. The SMILES string of the molecule is O=C(NCCn1c(=O)[nH]c2ccsc2c1=O)c1cc(=O)c2ccccc2o1. The molecule has 1 aromatic carbocycles. The Bertz CT molecular complexity index is 1340. The van der Waals surface area contributed by atoms with Gasteiger partial charge < -0.3 is 14.7 Å². The summed E-state index contributed by atoms with van der Waals surface area (Å²) in [4.78, 5) is 51.3. The largest absolute Gasteiger partial charge is 0.451 e. The molecule has 0 aliphatic heterocycles. The first-order valence-electron chi connectivity index (χ1n) is 8.06. The van der Waals surface area contributed by atoms with Crippen molar-refractivity contribution in [2.24, 2.45) is 0 Å². The molecule has 27 heavy (non-hydrogen) atoms. The minimum Gasteiger partial charge on any atom is -0.451 e. The van der Waals surface area contributed by atoms with Crippen LogP contribution in [0.2, 0.25) is 0 Å². The number of rotatable bonds is 4. The van der Waals surface area contributed by atoms with Crippen LogP contribution in [0.4, 0.5) is 0 Å². The van der Waals surface area contributed by atoms with Crippen molar-refractivity contribution in [1.82, 2.24) is 14.9 Å². The van der Waals surface area contributed by atoms with Gasteiger partial charge in [0.15, 0.2) is 11.2 Å². The van der Waals surface area contributed by atoms with Crippen molar-refractivity contribution >= 4 is 38.4 Å². The Morgan fingerprint density at radius 3 is 2.85 bits per heavy atom. The van der Waals surface area contributed by atoms with Crippen molar-refractivity contribution in [2.75, 3.05) is 6.54 Å². The maximum atomic E-state index is 12.3. The number of carbonyl (C=O) groups is 1. The first-order valence-corrected chi connectivity index (χ1v) is 8.94. The highest BCUT2D eigenvalue weighted by molar-refractivity contribution is 7.17. The molecule has 4 rings (SSSR count). The van der Waals surface area contributed by atoms with Gasteiger partial charge in [-0.1, -0.05) is 12.1 Å². The molecule has 3 aromatic heterocycles. The zero-order chi connectivity index (χ0) is 19.0. The van der Waals surface area contributed by atoms with Crippen LogP contribution >= 0.6 is 11.3 Å². The molecular weight excluding hydrogens is 370 g/mol. The highest BCUT2D eigenvalue weighted by atomic mass is 32.1. The molecule has 3 heterocycles. The van der Waals surface area contributed by atoms with Crippen molar-refractivity contribution in [3.8, 4) is 0 Å². The molecule has 0 spiro atoms. The van der Waals surface area contributed by atoms with E-state index in [1.54, 1.807) is 35.7 Å². The summed E-state index contributed by atoms with van der Waals surface area (Å²) < 4.78 is 6.92. The minimum absolute atomic E-state index is 0.00837. The number of nitrogens with one attached hydrogen (secondary N) is 2. The topological polar surface area (TPSA) is 114 Å². The standard InChI is InChI=1S/C18H13N3O5S/c22-12-9-14(26-13-4-2-1-3-10(12)13)16(23)19-6-7-21-17(24)15-11(5-8-27-15)20-18(21)25/h1-5,8-9H,6-7H2,(H,19,23)(H,20,25). The normalized spacial score (nSPS) is 11.1. The lowest BCUT2D eigenvalue weighted by molar-refractivity contribution is 0.0925. The van der Waals surface area contributed by atoms with Gasteiger partial charge in [-0.05, 0) is 23.6 Å². The summed E-state index contributed by atoms with van der Waals surface area (Å²) in [6.07, 6.45) is 0. The average molecular weight is 383 g/mol. The third-order valence-electron chi connectivity index (χ3n) is 4.07. The van der Waals surface area contributed by atoms with Gasteiger partial charge in [0.1, 0.15) is 10.3 Å². The molecule has 0 unspecified atom stereocenters.